The third kappa shape index (κ3) is 19.5. The maximum atomic E-state index is 11.8. The Morgan fingerprint density at radius 1 is 0.667 bits per heavy atom. The van der Waals surface area contributed by atoms with Gasteiger partial charge in [0, 0.05) is 12.8 Å². The predicted molar refractivity (Wildman–Crippen MR) is 112 cm³/mol. The number of esters is 2. The Labute approximate surface area is 167 Å². The Hall–Kier alpha value is -1.06. The topological polar surface area (TPSA) is 52.6 Å². The van der Waals surface area contributed by atoms with Gasteiger partial charge in [0.2, 0.25) is 0 Å². The molecular weight excluding hydrogens is 340 g/mol. The third-order valence-electron chi connectivity index (χ3n) is 4.82. The van der Waals surface area contributed by atoms with Crippen LogP contribution < -0.4 is 0 Å². The highest BCUT2D eigenvalue weighted by Gasteiger charge is 2.11. The summed E-state index contributed by atoms with van der Waals surface area (Å²) in [6.07, 6.45) is 16.6. The Bertz CT molecular complexity index is 354. The van der Waals surface area contributed by atoms with Crippen molar-refractivity contribution in [2.45, 2.75) is 130 Å². The van der Waals surface area contributed by atoms with Crippen LogP contribution in [0.3, 0.4) is 0 Å². The molecule has 0 fully saturated rings. The molecule has 0 bridgehead atoms. The summed E-state index contributed by atoms with van der Waals surface area (Å²) in [6, 6.07) is 0. The van der Waals surface area contributed by atoms with Crippen LogP contribution in [0.25, 0.3) is 0 Å². The number of unbranched alkanes of at least 4 members (excludes halogenated alkanes) is 10. The molecule has 0 amide bonds. The van der Waals surface area contributed by atoms with Gasteiger partial charge >= 0.3 is 11.9 Å². The van der Waals surface area contributed by atoms with Crippen LogP contribution in [0.1, 0.15) is 124 Å². The van der Waals surface area contributed by atoms with Gasteiger partial charge in [0.05, 0.1) is 12.7 Å². The molecule has 0 aliphatic heterocycles. The Balaban J connectivity index is 3.48. The number of rotatable bonds is 19. The maximum absolute atomic E-state index is 11.8. The van der Waals surface area contributed by atoms with E-state index in [9.17, 15) is 9.59 Å². The van der Waals surface area contributed by atoms with Crippen molar-refractivity contribution in [2.24, 2.45) is 0 Å². The maximum Gasteiger partial charge on any atom is 0.306 e. The summed E-state index contributed by atoms with van der Waals surface area (Å²) < 4.78 is 10.6. The normalized spacial score (nSPS) is 12.0. The standard InChI is InChI=1S/C23H44O4/c1-4-6-8-10-12-14-17-21(3)27-23(25)19-16-18-22(24)26-20-15-13-11-9-7-5-2/h21H,4-20H2,1-3H3. The second-order valence-electron chi connectivity index (χ2n) is 7.70. The molecule has 1 unspecified atom stereocenters. The average Bonchev–Trinajstić information content (AvgIpc) is 2.63. The highest BCUT2D eigenvalue weighted by atomic mass is 16.5. The fourth-order valence-electron chi connectivity index (χ4n) is 3.07. The van der Waals surface area contributed by atoms with Crippen molar-refractivity contribution in [1.29, 1.82) is 0 Å². The molecule has 0 rings (SSSR count). The number of carbonyl (C=O) groups excluding carboxylic acids is 2. The molecule has 4 nitrogen and oxygen atoms in total. The largest absolute Gasteiger partial charge is 0.466 e. The van der Waals surface area contributed by atoms with E-state index in [-0.39, 0.29) is 18.0 Å². The van der Waals surface area contributed by atoms with E-state index in [4.69, 9.17) is 9.47 Å². The van der Waals surface area contributed by atoms with E-state index in [1.54, 1.807) is 0 Å². The summed E-state index contributed by atoms with van der Waals surface area (Å²) in [5.74, 6) is -0.395. The van der Waals surface area contributed by atoms with Crippen LogP contribution >= 0.6 is 0 Å². The van der Waals surface area contributed by atoms with Crippen LogP contribution in [0.5, 0.6) is 0 Å². The fourth-order valence-corrected chi connectivity index (χ4v) is 3.07. The summed E-state index contributed by atoms with van der Waals surface area (Å²) in [4.78, 5) is 23.5. The lowest BCUT2D eigenvalue weighted by Gasteiger charge is -2.13. The van der Waals surface area contributed by atoms with Crippen molar-refractivity contribution in [1.82, 2.24) is 0 Å². The summed E-state index contributed by atoms with van der Waals surface area (Å²) in [5.41, 5.74) is 0. The molecule has 0 aromatic heterocycles. The van der Waals surface area contributed by atoms with Gasteiger partial charge in [-0.1, -0.05) is 78.1 Å². The van der Waals surface area contributed by atoms with Crippen LogP contribution in [0.4, 0.5) is 0 Å². The van der Waals surface area contributed by atoms with E-state index in [0.717, 1.165) is 25.7 Å². The lowest BCUT2D eigenvalue weighted by Crippen LogP contribution is -2.15. The molecule has 0 radical (unpaired) electrons. The number of ether oxygens (including phenoxy) is 2. The van der Waals surface area contributed by atoms with Crippen molar-refractivity contribution in [3.8, 4) is 0 Å². The van der Waals surface area contributed by atoms with Crippen molar-refractivity contribution >= 4 is 11.9 Å². The molecular formula is C23H44O4. The molecule has 0 N–H and O–H groups in total. The molecule has 0 aliphatic rings. The van der Waals surface area contributed by atoms with E-state index >= 15 is 0 Å². The predicted octanol–water partition coefficient (Wildman–Crippen LogP) is 6.74. The number of carbonyl (C=O) groups is 2. The summed E-state index contributed by atoms with van der Waals surface area (Å²) in [5, 5.41) is 0. The zero-order chi connectivity index (χ0) is 20.2. The van der Waals surface area contributed by atoms with E-state index in [1.807, 2.05) is 6.92 Å². The minimum atomic E-state index is -0.198. The van der Waals surface area contributed by atoms with Crippen molar-refractivity contribution in [3.05, 3.63) is 0 Å². The van der Waals surface area contributed by atoms with Gasteiger partial charge in [-0.15, -0.1) is 0 Å². The second-order valence-corrected chi connectivity index (χ2v) is 7.70. The lowest BCUT2D eigenvalue weighted by atomic mass is 10.1. The van der Waals surface area contributed by atoms with Crippen molar-refractivity contribution in [2.75, 3.05) is 6.61 Å². The quantitative estimate of drug-likeness (QED) is 0.183. The first-order valence-corrected chi connectivity index (χ1v) is 11.4. The Morgan fingerprint density at radius 3 is 1.81 bits per heavy atom. The van der Waals surface area contributed by atoms with Gasteiger partial charge < -0.3 is 9.47 Å². The lowest BCUT2D eigenvalue weighted by molar-refractivity contribution is -0.149. The van der Waals surface area contributed by atoms with Crippen molar-refractivity contribution < 1.29 is 19.1 Å². The van der Waals surface area contributed by atoms with Crippen molar-refractivity contribution in [3.63, 3.8) is 0 Å². The van der Waals surface area contributed by atoms with Crippen LogP contribution in [-0.4, -0.2) is 24.6 Å². The number of hydrogen-bond donors (Lipinski definition) is 0. The Morgan fingerprint density at radius 2 is 1.19 bits per heavy atom. The second kappa shape index (κ2) is 19.7. The Kier molecular flexibility index (Phi) is 18.9. The van der Waals surface area contributed by atoms with Gasteiger partial charge in [-0.2, -0.15) is 0 Å². The monoisotopic (exact) mass is 384 g/mol. The highest BCUT2D eigenvalue weighted by Crippen LogP contribution is 2.11. The molecule has 4 heteroatoms. The molecule has 0 aromatic rings. The van der Waals surface area contributed by atoms with Gasteiger partial charge in [0.1, 0.15) is 0 Å². The van der Waals surface area contributed by atoms with Gasteiger partial charge in [-0.05, 0) is 32.6 Å². The van der Waals surface area contributed by atoms with Crippen LogP contribution in [0.2, 0.25) is 0 Å². The minimum Gasteiger partial charge on any atom is -0.466 e. The van der Waals surface area contributed by atoms with E-state index in [1.165, 1.54) is 57.8 Å². The average molecular weight is 385 g/mol. The van der Waals surface area contributed by atoms with Crippen LogP contribution in [-0.2, 0) is 19.1 Å². The molecule has 0 saturated heterocycles. The van der Waals surface area contributed by atoms with Gasteiger partial charge in [-0.3, -0.25) is 9.59 Å². The molecule has 0 aromatic carbocycles. The first kappa shape index (κ1) is 25.9. The summed E-state index contributed by atoms with van der Waals surface area (Å²) in [7, 11) is 0. The third-order valence-corrected chi connectivity index (χ3v) is 4.82. The summed E-state index contributed by atoms with van der Waals surface area (Å²) >= 11 is 0. The molecule has 160 valence electrons. The number of hydrogen-bond acceptors (Lipinski definition) is 4. The molecule has 0 spiro atoms. The fraction of sp³-hybridized carbons (Fsp3) is 0.913. The first-order chi connectivity index (χ1) is 13.1. The molecule has 1 atom stereocenters. The highest BCUT2D eigenvalue weighted by molar-refractivity contribution is 5.72. The first-order valence-electron chi connectivity index (χ1n) is 11.4. The van der Waals surface area contributed by atoms with Crippen LogP contribution in [0, 0.1) is 0 Å². The smallest absolute Gasteiger partial charge is 0.306 e. The van der Waals surface area contributed by atoms with E-state index in [2.05, 4.69) is 13.8 Å². The molecule has 27 heavy (non-hydrogen) atoms. The summed E-state index contributed by atoms with van der Waals surface area (Å²) in [6.45, 7) is 6.88. The zero-order valence-electron chi connectivity index (χ0n) is 18.2. The molecule has 0 saturated carbocycles. The van der Waals surface area contributed by atoms with Crippen LogP contribution in [0.15, 0.2) is 0 Å². The van der Waals surface area contributed by atoms with Gasteiger partial charge in [0.15, 0.2) is 0 Å². The van der Waals surface area contributed by atoms with E-state index < -0.39 is 0 Å². The van der Waals surface area contributed by atoms with Gasteiger partial charge in [0.25, 0.3) is 0 Å². The minimum absolute atomic E-state index is 0.0247. The van der Waals surface area contributed by atoms with Gasteiger partial charge in [-0.25, -0.2) is 0 Å². The SMILES string of the molecule is CCCCCCCCOC(=O)CCCC(=O)OC(C)CCCCCCCC. The molecule has 0 aliphatic carbocycles. The van der Waals surface area contributed by atoms with E-state index in [0.29, 0.717) is 25.9 Å². The zero-order valence-corrected chi connectivity index (χ0v) is 18.2. The molecule has 0 heterocycles.